The molecule has 1 rings (SSSR count). The van der Waals surface area contributed by atoms with Crippen LogP contribution in [0.1, 0.15) is 20.8 Å². The minimum absolute atomic E-state index is 0.360. The summed E-state index contributed by atoms with van der Waals surface area (Å²) >= 11 is 0. The van der Waals surface area contributed by atoms with Crippen molar-refractivity contribution in [2.75, 3.05) is 5.32 Å². The standard InChI is InChI=1S/C11H17NO2/c1-11(2,3)14-10(13)12-9-7-5-4-6-8-9/h4-8,10,12-13H,1-3H3. The second kappa shape index (κ2) is 4.44. The molecule has 3 heteroatoms. The first kappa shape index (κ1) is 11.0. The molecule has 1 atom stereocenters. The number of rotatable bonds is 3. The summed E-state index contributed by atoms with van der Waals surface area (Å²) in [6, 6.07) is 9.45. The van der Waals surface area contributed by atoms with Gasteiger partial charge in [-0.2, -0.15) is 0 Å². The zero-order valence-electron chi connectivity index (χ0n) is 8.82. The SMILES string of the molecule is CC(C)(C)OC(O)Nc1ccccc1. The Morgan fingerprint density at radius 3 is 2.29 bits per heavy atom. The summed E-state index contributed by atoms with van der Waals surface area (Å²) < 4.78 is 5.29. The molecular formula is C11H17NO2. The third-order valence-electron chi connectivity index (χ3n) is 1.53. The van der Waals surface area contributed by atoms with E-state index >= 15 is 0 Å². The largest absolute Gasteiger partial charge is 0.351 e. The second-order valence-electron chi connectivity index (χ2n) is 4.09. The van der Waals surface area contributed by atoms with E-state index in [2.05, 4.69) is 5.32 Å². The average molecular weight is 195 g/mol. The quantitative estimate of drug-likeness (QED) is 0.726. The van der Waals surface area contributed by atoms with Crippen molar-refractivity contribution in [2.45, 2.75) is 32.8 Å². The predicted molar refractivity (Wildman–Crippen MR) is 56.9 cm³/mol. The van der Waals surface area contributed by atoms with Gasteiger partial charge >= 0.3 is 0 Å². The molecule has 0 aliphatic carbocycles. The lowest BCUT2D eigenvalue weighted by molar-refractivity contribution is -0.148. The van der Waals surface area contributed by atoms with E-state index in [9.17, 15) is 5.11 Å². The van der Waals surface area contributed by atoms with Gasteiger partial charge in [0, 0.05) is 5.69 Å². The molecule has 0 aromatic heterocycles. The summed E-state index contributed by atoms with van der Waals surface area (Å²) in [5.41, 5.74) is 0.477. The smallest absolute Gasteiger partial charge is 0.235 e. The van der Waals surface area contributed by atoms with Crippen LogP contribution >= 0.6 is 0 Å². The highest BCUT2D eigenvalue weighted by Crippen LogP contribution is 2.12. The van der Waals surface area contributed by atoms with Gasteiger partial charge in [0.25, 0.3) is 0 Å². The maximum Gasteiger partial charge on any atom is 0.235 e. The Kier molecular flexibility index (Phi) is 3.49. The van der Waals surface area contributed by atoms with Crippen molar-refractivity contribution < 1.29 is 9.84 Å². The van der Waals surface area contributed by atoms with E-state index in [-0.39, 0.29) is 5.60 Å². The Morgan fingerprint density at radius 1 is 1.21 bits per heavy atom. The summed E-state index contributed by atoms with van der Waals surface area (Å²) in [4.78, 5) is 0. The monoisotopic (exact) mass is 195 g/mol. The molecule has 0 aliphatic rings. The Morgan fingerprint density at radius 2 is 1.79 bits per heavy atom. The molecule has 0 radical (unpaired) electrons. The number of aliphatic hydroxyl groups is 1. The van der Waals surface area contributed by atoms with Crippen molar-refractivity contribution in [3.63, 3.8) is 0 Å². The molecule has 0 aliphatic heterocycles. The van der Waals surface area contributed by atoms with Gasteiger partial charge in [-0.3, -0.25) is 0 Å². The number of hydrogen-bond acceptors (Lipinski definition) is 3. The average Bonchev–Trinajstić information content (AvgIpc) is 2.02. The van der Waals surface area contributed by atoms with Crippen molar-refractivity contribution >= 4 is 5.69 Å². The number of benzene rings is 1. The minimum Gasteiger partial charge on any atom is -0.351 e. The van der Waals surface area contributed by atoms with E-state index in [1.54, 1.807) is 0 Å². The molecule has 3 nitrogen and oxygen atoms in total. The van der Waals surface area contributed by atoms with E-state index in [4.69, 9.17) is 4.74 Å². The lowest BCUT2D eigenvalue weighted by Crippen LogP contribution is -2.32. The van der Waals surface area contributed by atoms with Gasteiger partial charge in [-0.1, -0.05) is 18.2 Å². The summed E-state index contributed by atoms with van der Waals surface area (Å²) in [5.74, 6) is 0. The van der Waals surface area contributed by atoms with Crippen molar-refractivity contribution in [1.82, 2.24) is 0 Å². The zero-order valence-corrected chi connectivity index (χ0v) is 8.82. The summed E-state index contributed by atoms with van der Waals surface area (Å²) in [6.45, 7) is 5.68. The van der Waals surface area contributed by atoms with Crippen LogP contribution in [-0.4, -0.2) is 17.1 Å². The van der Waals surface area contributed by atoms with Crippen LogP contribution in [0, 0.1) is 0 Å². The van der Waals surface area contributed by atoms with Crippen LogP contribution in [0.15, 0.2) is 30.3 Å². The Labute approximate surface area is 84.7 Å². The first-order chi connectivity index (χ1) is 6.47. The zero-order chi connectivity index (χ0) is 10.6. The highest BCUT2D eigenvalue weighted by atomic mass is 16.6. The van der Waals surface area contributed by atoms with Crippen LogP contribution in [0.25, 0.3) is 0 Å². The molecule has 0 saturated heterocycles. The molecule has 0 amide bonds. The maximum absolute atomic E-state index is 9.50. The number of aliphatic hydroxyl groups excluding tert-OH is 1. The van der Waals surface area contributed by atoms with Gasteiger partial charge in [0.05, 0.1) is 5.60 Å². The maximum atomic E-state index is 9.50. The normalized spacial score (nSPS) is 13.7. The van der Waals surface area contributed by atoms with Gasteiger partial charge in [-0.25, -0.2) is 0 Å². The van der Waals surface area contributed by atoms with Crippen LogP contribution in [0.2, 0.25) is 0 Å². The number of anilines is 1. The summed E-state index contributed by atoms with van der Waals surface area (Å²) in [5, 5.41) is 12.3. The Balaban J connectivity index is 2.46. The third-order valence-corrected chi connectivity index (χ3v) is 1.53. The Bertz CT molecular complexity index is 266. The van der Waals surface area contributed by atoms with Crippen molar-refractivity contribution in [2.24, 2.45) is 0 Å². The number of ether oxygens (including phenoxy) is 1. The first-order valence-electron chi connectivity index (χ1n) is 4.65. The number of nitrogens with one attached hydrogen (secondary N) is 1. The van der Waals surface area contributed by atoms with Gasteiger partial charge in [0.2, 0.25) is 6.41 Å². The van der Waals surface area contributed by atoms with Gasteiger partial charge < -0.3 is 15.2 Å². The molecule has 1 aromatic rings. The summed E-state index contributed by atoms with van der Waals surface area (Å²) in [7, 11) is 0. The van der Waals surface area contributed by atoms with E-state index in [0.717, 1.165) is 5.69 Å². The molecule has 0 saturated carbocycles. The van der Waals surface area contributed by atoms with Crippen LogP contribution in [-0.2, 0) is 4.74 Å². The van der Waals surface area contributed by atoms with E-state index < -0.39 is 6.41 Å². The predicted octanol–water partition coefficient (Wildman–Crippen LogP) is 2.19. The molecule has 2 N–H and O–H groups in total. The van der Waals surface area contributed by atoms with Crippen LogP contribution in [0.3, 0.4) is 0 Å². The molecule has 0 heterocycles. The highest BCUT2D eigenvalue weighted by Gasteiger charge is 2.15. The van der Waals surface area contributed by atoms with Crippen LogP contribution < -0.4 is 5.32 Å². The van der Waals surface area contributed by atoms with E-state index in [0.29, 0.717) is 0 Å². The first-order valence-corrected chi connectivity index (χ1v) is 4.65. The van der Waals surface area contributed by atoms with Crippen molar-refractivity contribution in [3.05, 3.63) is 30.3 Å². The second-order valence-corrected chi connectivity index (χ2v) is 4.09. The Hall–Kier alpha value is -1.06. The number of para-hydroxylation sites is 1. The molecule has 0 bridgehead atoms. The van der Waals surface area contributed by atoms with Gasteiger partial charge in [-0.15, -0.1) is 0 Å². The van der Waals surface area contributed by atoms with Gasteiger partial charge in [0.1, 0.15) is 0 Å². The van der Waals surface area contributed by atoms with Crippen LogP contribution in [0.5, 0.6) is 0 Å². The van der Waals surface area contributed by atoms with Crippen molar-refractivity contribution in [1.29, 1.82) is 0 Å². The lowest BCUT2D eigenvalue weighted by Gasteiger charge is -2.24. The van der Waals surface area contributed by atoms with E-state index in [1.807, 2.05) is 51.1 Å². The summed E-state index contributed by atoms with van der Waals surface area (Å²) in [6.07, 6.45) is -0.975. The molecule has 1 aromatic carbocycles. The topological polar surface area (TPSA) is 41.5 Å². The molecule has 14 heavy (non-hydrogen) atoms. The van der Waals surface area contributed by atoms with E-state index in [1.165, 1.54) is 0 Å². The van der Waals surface area contributed by atoms with Gasteiger partial charge in [-0.05, 0) is 32.9 Å². The fourth-order valence-corrected chi connectivity index (χ4v) is 1.04. The molecule has 1 unspecified atom stereocenters. The molecule has 0 spiro atoms. The fourth-order valence-electron chi connectivity index (χ4n) is 1.04. The molecule has 78 valence electrons. The molecule has 0 fully saturated rings. The number of hydrogen-bond donors (Lipinski definition) is 2. The third kappa shape index (κ3) is 4.25. The molecular weight excluding hydrogens is 178 g/mol. The highest BCUT2D eigenvalue weighted by molar-refractivity contribution is 5.42. The van der Waals surface area contributed by atoms with Crippen LogP contribution in [0.4, 0.5) is 5.69 Å². The van der Waals surface area contributed by atoms with Crippen molar-refractivity contribution in [3.8, 4) is 0 Å². The minimum atomic E-state index is -0.975. The fraction of sp³-hybridized carbons (Fsp3) is 0.455. The lowest BCUT2D eigenvalue weighted by atomic mass is 10.2. The van der Waals surface area contributed by atoms with Gasteiger partial charge in [0.15, 0.2) is 0 Å².